The van der Waals surface area contributed by atoms with E-state index in [0.29, 0.717) is 112 Å². The van der Waals surface area contributed by atoms with Gasteiger partial charge in [0.25, 0.3) is 0 Å². The molecule has 15 heteroatoms. The summed E-state index contributed by atoms with van der Waals surface area (Å²) in [6.45, 7) is 18.9. The number of rotatable bonds is 32. The topological polar surface area (TPSA) is 161 Å². The van der Waals surface area contributed by atoms with Crippen molar-refractivity contribution >= 4 is 0 Å². The smallest absolute Gasteiger partial charge is 0.134 e. The van der Waals surface area contributed by atoms with Crippen LogP contribution in [0.2, 0.25) is 0 Å². The summed E-state index contributed by atoms with van der Waals surface area (Å²) >= 11 is 0. The van der Waals surface area contributed by atoms with Gasteiger partial charge >= 0.3 is 0 Å². The number of hydrogen-bond donors (Lipinski definition) is 0. The molecule has 3 heterocycles. The van der Waals surface area contributed by atoms with Crippen LogP contribution < -0.4 is 14.2 Å². The minimum Gasteiger partial charge on any atom is -0.493 e. The van der Waals surface area contributed by atoms with E-state index in [0.717, 1.165) is 97.0 Å². The van der Waals surface area contributed by atoms with Gasteiger partial charge in [0.15, 0.2) is 0 Å². The van der Waals surface area contributed by atoms with Crippen LogP contribution in [0.3, 0.4) is 0 Å². The molecule has 0 radical (unpaired) electrons. The van der Waals surface area contributed by atoms with E-state index in [1.807, 2.05) is 51.1 Å². The summed E-state index contributed by atoms with van der Waals surface area (Å²) in [5, 5.41) is 11.9. The first kappa shape index (κ1) is 49.9. The van der Waals surface area contributed by atoms with E-state index in [9.17, 15) is 0 Å². The Kier molecular flexibility index (Phi) is 20.5. The van der Waals surface area contributed by atoms with E-state index in [1.165, 1.54) is 0 Å². The second-order valence-electron chi connectivity index (χ2n) is 16.0. The molecule has 356 valence electrons. The Hall–Kier alpha value is -5.55. The summed E-state index contributed by atoms with van der Waals surface area (Å²) < 4.78 is 69.1. The van der Waals surface area contributed by atoms with Crippen LogP contribution in [0.4, 0.5) is 0 Å². The molecule has 6 aromatic rings. The van der Waals surface area contributed by atoms with Gasteiger partial charge in [0.05, 0.1) is 71.8 Å². The van der Waals surface area contributed by atoms with Crippen molar-refractivity contribution in [3.63, 3.8) is 0 Å². The van der Waals surface area contributed by atoms with Crippen LogP contribution in [-0.2, 0) is 48.1 Å². The van der Waals surface area contributed by atoms with Crippen molar-refractivity contribution in [3.8, 4) is 39.5 Å². The predicted octanol–water partition coefficient (Wildman–Crippen LogP) is 9.49. The van der Waals surface area contributed by atoms with Crippen LogP contribution in [-0.4, -0.2) is 101 Å². The van der Waals surface area contributed by atoms with Crippen LogP contribution in [0, 0.1) is 41.5 Å². The minimum absolute atomic E-state index is 0.383. The fraction of sp³-hybridized carbons (Fsp3) is 0.471. The Morgan fingerprint density at radius 2 is 0.894 bits per heavy atom. The average molecular weight is 912 g/mol. The molecule has 0 unspecified atom stereocenters. The molecule has 0 N–H and O–H groups in total. The molecular formula is C51H65N3O12. The lowest BCUT2D eigenvalue weighted by molar-refractivity contribution is 0.0351. The molecule has 0 saturated carbocycles. The summed E-state index contributed by atoms with van der Waals surface area (Å²) in [7, 11) is 0. The third-order valence-electron chi connectivity index (χ3n) is 10.3. The second kappa shape index (κ2) is 27.2. The van der Waals surface area contributed by atoms with E-state index in [1.54, 1.807) is 0 Å². The average Bonchev–Trinajstić information content (AvgIpc) is 4.06. The van der Waals surface area contributed by atoms with Gasteiger partial charge in [-0.1, -0.05) is 33.2 Å². The summed E-state index contributed by atoms with van der Waals surface area (Å²) in [5.74, 6) is 4.59. The van der Waals surface area contributed by atoms with Gasteiger partial charge in [-0.25, -0.2) is 0 Å². The van der Waals surface area contributed by atoms with E-state index in [-0.39, 0.29) is 0 Å². The second-order valence-corrected chi connectivity index (χ2v) is 16.0. The number of hydrogen-bond acceptors (Lipinski definition) is 15. The standard InChI is InChI=1S/C51H65N3O12/c1-36-9-12-50(63-26-24-56-14-7-16-59-34-43-30-40(5)65-53-43)48(27-36)47-33-51(62-17-8-15-55-21-22-60-35-44-31-41(6)66-54-44)49(28-38(47)3)46-32-45(11-10-37(46)2)61-25-23-58-20-19-57-18-13-42-29-39(4)64-52-42/h9-12,27-33H,7-8,13-26,34-35H2,1-6H3. The molecule has 0 aliphatic carbocycles. The van der Waals surface area contributed by atoms with E-state index >= 15 is 0 Å². The molecule has 3 aromatic heterocycles. The Morgan fingerprint density at radius 3 is 1.56 bits per heavy atom. The highest BCUT2D eigenvalue weighted by molar-refractivity contribution is 5.83. The maximum Gasteiger partial charge on any atom is 0.134 e. The number of ether oxygens (including phenoxy) is 9. The van der Waals surface area contributed by atoms with Crippen LogP contribution in [0.5, 0.6) is 17.2 Å². The predicted molar refractivity (Wildman–Crippen MR) is 247 cm³/mol. The lowest BCUT2D eigenvalue weighted by atomic mass is 9.92. The van der Waals surface area contributed by atoms with Gasteiger partial charge in [0.1, 0.15) is 59.1 Å². The highest BCUT2D eigenvalue weighted by Gasteiger charge is 2.18. The fourth-order valence-corrected chi connectivity index (χ4v) is 6.99. The normalized spacial score (nSPS) is 11.4. The molecule has 0 spiro atoms. The van der Waals surface area contributed by atoms with E-state index in [4.69, 9.17) is 56.2 Å². The van der Waals surface area contributed by atoms with Crippen LogP contribution in [0.1, 0.15) is 63.9 Å². The van der Waals surface area contributed by atoms with E-state index < -0.39 is 0 Å². The number of benzene rings is 3. The van der Waals surface area contributed by atoms with Crippen molar-refractivity contribution in [3.05, 3.63) is 118 Å². The van der Waals surface area contributed by atoms with Crippen LogP contribution >= 0.6 is 0 Å². The molecule has 0 atom stereocenters. The Morgan fingerprint density at radius 1 is 0.379 bits per heavy atom. The lowest BCUT2D eigenvalue weighted by Crippen LogP contribution is -2.12. The molecule has 3 aromatic carbocycles. The highest BCUT2D eigenvalue weighted by atomic mass is 16.5. The zero-order valence-corrected chi connectivity index (χ0v) is 39.3. The van der Waals surface area contributed by atoms with Crippen molar-refractivity contribution in [1.82, 2.24) is 15.5 Å². The lowest BCUT2D eigenvalue weighted by Gasteiger charge is -2.20. The Balaban J connectivity index is 1.05. The molecule has 15 nitrogen and oxygen atoms in total. The third-order valence-corrected chi connectivity index (χ3v) is 10.3. The van der Waals surface area contributed by atoms with Gasteiger partial charge in [-0.15, -0.1) is 0 Å². The maximum absolute atomic E-state index is 6.63. The molecule has 66 heavy (non-hydrogen) atoms. The maximum atomic E-state index is 6.63. The van der Waals surface area contributed by atoms with Crippen molar-refractivity contribution < 1.29 is 56.2 Å². The summed E-state index contributed by atoms with van der Waals surface area (Å²) in [5.41, 5.74) is 9.70. The van der Waals surface area contributed by atoms with Crippen molar-refractivity contribution in [2.24, 2.45) is 0 Å². The van der Waals surface area contributed by atoms with E-state index in [2.05, 4.69) is 72.6 Å². The monoisotopic (exact) mass is 911 g/mol. The summed E-state index contributed by atoms with van der Waals surface area (Å²) in [6, 6.07) is 22.3. The number of aryl methyl sites for hydroxylation is 6. The van der Waals surface area contributed by atoms with Crippen LogP contribution in [0.25, 0.3) is 22.3 Å². The zero-order chi connectivity index (χ0) is 46.4. The van der Waals surface area contributed by atoms with Gasteiger partial charge in [0, 0.05) is 62.0 Å². The van der Waals surface area contributed by atoms with Crippen molar-refractivity contribution in [1.29, 1.82) is 0 Å². The van der Waals surface area contributed by atoms with Crippen molar-refractivity contribution in [2.45, 2.75) is 74.0 Å². The van der Waals surface area contributed by atoms with Gasteiger partial charge in [-0.2, -0.15) is 0 Å². The summed E-state index contributed by atoms with van der Waals surface area (Å²) in [6.07, 6.45) is 2.15. The van der Waals surface area contributed by atoms with Crippen LogP contribution in [0.15, 0.2) is 80.3 Å². The molecular weight excluding hydrogens is 847 g/mol. The Bertz CT molecular complexity index is 2340. The Labute approximate surface area is 387 Å². The number of nitrogens with zero attached hydrogens (tertiary/aromatic N) is 3. The summed E-state index contributed by atoms with van der Waals surface area (Å²) in [4.78, 5) is 0. The number of aromatic nitrogens is 3. The molecule has 6 rings (SSSR count). The largest absolute Gasteiger partial charge is 0.493 e. The highest BCUT2D eigenvalue weighted by Crippen LogP contribution is 2.42. The molecule has 0 aliphatic rings. The van der Waals surface area contributed by atoms with Gasteiger partial charge in [-0.05, 0) is 107 Å². The molecule has 0 aliphatic heterocycles. The quantitative estimate of drug-likeness (QED) is 0.0368. The first-order valence-corrected chi connectivity index (χ1v) is 22.7. The van der Waals surface area contributed by atoms with Crippen molar-refractivity contribution in [2.75, 3.05) is 85.9 Å². The SMILES string of the molecule is Cc1ccc(OCCOCCCOCc2cc(C)on2)c(-c2cc(OCCCOCCOCc3cc(C)on3)c(-c3cc(OCCOCCOCCc4cc(C)on4)ccc3C)cc2C)c1. The minimum atomic E-state index is 0.383. The fourth-order valence-electron chi connectivity index (χ4n) is 6.99. The first-order chi connectivity index (χ1) is 32.2. The van der Waals surface area contributed by atoms with Gasteiger partial charge < -0.3 is 56.2 Å². The van der Waals surface area contributed by atoms with Gasteiger partial charge in [-0.3, -0.25) is 0 Å². The van der Waals surface area contributed by atoms with Gasteiger partial charge in [0.2, 0.25) is 0 Å². The molecule has 0 saturated heterocycles. The molecule has 0 amide bonds. The molecule has 0 fully saturated rings. The third kappa shape index (κ3) is 16.7. The zero-order valence-electron chi connectivity index (χ0n) is 39.3. The molecule has 0 bridgehead atoms. The first-order valence-electron chi connectivity index (χ1n) is 22.7.